The number of carbonyl (C=O) groups is 3. The highest BCUT2D eigenvalue weighted by Gasteiger charge is 2.28. The van der Waals surface area contributed by atoms with Gasteiger partial charge in [-0.05, 0) is 0 Å². The third-order valence-electron chi connectivity index (χ3n) is 2.63. The molecule has 0 saturated carbocycles. The first kappa shape index (κ1) is 15.2. The number of hydrogen-bond acceptors (Lipinski definition) is 5. The fourth-order valence-corrected chi connectivity index (χ4v) is 2.76. The molecule has 1 saturated heterocycles. The second kappa shape index (κ2) is 5.87. The van der Waals surface area contributed by atoms with Crippen molar-refractivity contribution < 1.29 is 27.9 Å². The maximum absolute atomic E-state index is 11.7. The Hall–Kier alpha value is -1.84. The van der Waals surface area contributed by atoms with Crippen LogP contribution in [0.3, 0.4) is 0 Å². The molecule has 0 aromatic rings. The molecule has 19 heavy (non-hydrogen) atoms. The van der Waals surface area contributed by atoms with E-state index in [1.807, 2.05) is 0 Å². The summed E-state index contributed by atoms with van der Waals surface area (Å²) in [5.74, 6) is -2.55. The van der Waals surface area contributed by atoms with Crippen molar-refractivity contribution in [3.8, 4) is 0 Å². The maximum Gasteiger partial charge on any atom is 0.326 e. The number of hydrogen-bond donors (Lipinski definition) is 3. The third kappa shape index (κ3) is 4.73. The number of carboxylic acids is 1. The van der Waals surface area contributed by atoms with Gasteiger partial charge in [0.1, 0.15) is 6.04 Å². The monoisotopic (exact) mass is 293 g/mol. The van der Waals surface area contributed by atoms with Crippen LogP contribution in [0.15, 0.2) is 0 Å². The number of primary amides is 1. The molecule has 1 aliphatic rings. The lowest BCUT2D eigenvalue weighted by atomic mass is 10.2. The number of rotatable bonds is 4. The van der Waals surface area contributed by atoms with E-state index in [9.17, 15) is 22.8 Å². The molecule has 1 atom stereocenters. The van der Waals surface area contributed by atoms with Crippen LogP contribution in [-0.2, 0) is 19.4 Å². The summed E-state index contributed by atoms with van der Waals surface area (Å²) >= 11 is 0. The molecular formula is C9H15N3O6S. The Bertz CT molecular complexity index is 474. The molecule has 0 aromatic carbocycles. The van der Waals surface area contributed by atoms with Gasteiger partial charge >= 0.3 is 12.0 Å². The number of carbonyl (C=O) groups excluding carboxylic acids is 2. The summed E-state index contributed by atoms with van der Waals surface area (Å²) in [4.78, 5) is 34.4. The molecule has 1 heterocycles. The van der Waals surface area contributed by atoms with E-state index >= 15 is 0 Å². The van der Waals surface area contributed by atoms with Gasteiger partial charge in [-0.25, -0.2) is 18.0 Å². The normalized spacial score (nSPS) is 19.5. The highest BCUT2D eigenvalue weighted by atomic mass is 32.2. The Morgan fingerprint density at radius 3 is 2.21 bits per heavy atom. The molecule has 1 fully saturated rings. The Labute approximate surface area is 109 Å². The van der Waals surface area contributed by atoms with Crippen LogP contribution in [0.5, 0.6) is 0 Å². The summed E-state index contributed by atoms with van der Waals surface area (Å²) in [6, 6.07) is -2.13. The summed E-state index contributed by atoms with van der Waals surface area (Å²) in [5, 5.41) is 11.0. The largest absolute Gasteiger partial charge is 0.480 e. The van der Waals surface area contributed by atoms with Gasteiger partial charge in [-0.15, -0.1) is 0 Å². The highest BCUT2D eigenvalue weighted by Crippen LogP contribution is 2.04. The van der Waals surface area contributed by atoms with Gasteiger partial charge in [0, 0.05) is 13.1 Å². The van der Waals surface area contributed by atoms with Crippen LogP contribution in [0.25, 0.3) is 0 Å². The number of nitrogens with zero attached hydrogens (tertiary/aromatic N) is 1. The van der Waals surface area contributed by atoms with E-state index in [2.05, 4.69) is 5.32 Å². The minimum absolute atomic E-state index is 0.00290. The van der Waals surface area contributed by atoms with Crippen molar-refractivity contribution in [1.29, 1.82) is 0 Å². The first-order valence-corrected chi connectivity index (χ1v) is 7.30. The van der Waals surface area contributed by atoms with Crippen molar-refractivity contribution in [2.45, 2.75) is 12.5 Å². The summed E-state index contributed by atoms with van der Waals surface area (Å²) in [7, 11) is -3.13. The number of amides is 3. The van der Waals surface area contributed by atoms with Crippen LogP contribution < -0.4 is 11.1 Å². The van der Waals surface area contributed by atoms with E-state index in [-0.39, 0.29) is 24.6 Å². The topological polar surface area (TPSA) is 147 Å². The molecule has 3 amide bonds. The maximum atomic E-state index is 11.7. The summed E-state index contributed by atoms with van der Waals surface area (Å²) in [6.45, 7) is -0.00580. The van der Waals surface area contributed by atoms with E-state index in [0.29, 0.717) is 0 Å². The lowest BCUT2D eigenvalue weighted by Gasteiger charge is -2.28. The lowest BCUT2D eigenvalue weighted by Crippen LogP contribution is -2.53. The number of aliphatic carboxylic acids is 1. The Morgan fingerprint density at radius 1 is 1.26 bits per heavy atom. The van der Waals surface area contributed by atoms with Crippen molar-refractivity contribution in [2.24, 2.45) is 5.73 Å². The Balaban J connectivity index is 2.58. The van der Waals surface area contributed by atoms with Crippen LogP contribution in [0.4, 0.5) is 4.79 Å². The van der Waals surface area contributed by atoms with E-state index in [1.54, 1.807) is 0 Å². The smallest absolute Gasteiger partial charge is 0.326 e. The van der Waals surface area contributed by atoms with Crippen molar-refractivity contribution in [3.63, 3.8) is 0 Å². The number of urea groups is 1. The SMILES string of the molecule is NC(=O)C[C@@H](NC(=O)N1CCS(=O)(=O)CC1)C(=O)O. The van der Waals surface area contributed by atoms with Crippen molar-refractivity contribution >= 4 is 27.7 Å². The van der Waals surface area contributed by atoms with E-state index in [4.69, 9.17) is 10.8 Å². The molecule has 0 aromatic heterocycles. The average molecular weight is 293 g/mol. The van der Waals surface area contributed by atoms with Crippen LogP contribution in [0.1, 0.15) is 6.42 Å². The Morgan fingerprint density at radius 2 is 1.79 bits per heavy atom. The minimum atomic E-state index is -3.13. The molecule has 0 unspecified atom stereocenters. The minimum Gasteiger partial charge on any atom is -0.480 e. The molecule has 0 radical (unpaired) electrons. The van der Waals surface area contributed by atoms with E-state index in [1.165, 1.54) is 4.90 Å². The zero-order valence-electron chi connectivity index (χ0n) is 10.0. The average Bonchev–Trinajstić information content (AvgIpc) is 2.27. The molecule has 9 nitrogen and oxygen atoms in total. The standard InChI is InChI=1S/C9H15N3O6S/c10-7(13)5-6(8(14)15)11-9(16)12-1-3-19(17,18)4-2-12/h6H,1-5H2,(H2,10,13)(H,11,16)(H,14,15)/t6-/m1/s1. The quantitative estimate of drug-likeness (QED) is 0.533. The predicted molar refractivity (Wildman–Crippen MR) is 64.0 cm³/mol. The second-order valence-electron chi connectivity index (χ2n) is 4.15. The first-order chi connectivity index (χ1) is 8.71. The van der Waals surface area contributed by atoms with E-state index in [0.717, 1.165) is 0 Å². The number of nitrogens with two attached hydrogens (primary N) is 1. The lowest BCUT2D eigenvalue weighted by molar-refractivity contribution is -0.140. The molecule has 0 bridgehead atoms. The van der Waals surface area contributed by atoms with Crippen molar-refractivity contribution in [1.82, 2.24) is 10.2 Å². The molecule has 1 rings (SSSR count). The summed E-state index contributed by atoms with van der Waals surface area (Å²) in [5.41, 5.74) is 4.87. The van der Waals surface area contributed by atoms with Gasteiger partial charge in [0.05, 0.1) is 17.9 Å². The molecule has 1 aliphatic heterocycles. The van der Waals surface area contributed by atoms with Gasteiger partial charge in [0.15, 0.2) is 9.84 Å². The van der Waals surface area contributed by atoms with Crippen LogP contribution in [0, 0.1) is 0 Å². The van der Waals surface area contributed by atoms with E-state index < -0.39 is 40.2 Å². The van der Waals surface area contributed by atoms with Crippen LogP contribution in [0.2, 0.25) is 0 Å². The number of carboxylic acid groups (broad SMARTS) is 1. The molecular weight excluding hydrogens is 278 g/mol. The van der Waals surface area contributed by atoms with Crippen molar-refractivity contribution in [2.75, 3.05) is 24.6 Å². The van der Waals surface area contributed by atoms with Gasteiger partial charge in [-0.2, -0.15) is 0 Å². The number of nitrogens with one attached hydrogen (secondary N) is 1. The van der Waals surface area contributed by atoms with Crippen molar-refractivity contribution in [3.05, 3.63) is 0 Å². The predicted octanol–water partition coefficient (Wildman–Crippen LogP) is -2.24. The van der Waals surface area contributed by atoms with Crippen LogP contribution in [-0.4, -0.2) is 67.0 Å². The first-order valence-electron chi connectivity index (χ1n) is 5.48. The summed E-state index contributed by atoms with van der Waals surface area (Å²) < 4.78 is 22.4. The molecule has 0 spiro atoms. The Kier molecular flexibility index (Phi) is 4.70. The molecule has 4 N–H and O–H groups in total. The van der Waals surface area contributed by atoms with Gasteiger partial charge in [-0.1, -0.05) is 0 Å². The fourth-order valence-electron chi connectivity index (χ4n) is 1.56. The fraction of sp³-hybridized carbons (Fsp3) is 0.667. The third-order valence-corrected chi connectivity index (χ3v) is 4.24. The second-order valence-corrected chi connectivity index (χ2v) is 6.45. The van der Waals surface area contributed by atoms with Gasteiger partial charge in [-0.3, -0.25) is 4.79 Å². The highest BCUT2D eigenvalue weighted by molar-refractivity contribution is 7.91. The van der Waals surface area contributed by atoms with Gasteiger partial charge < -0.3 is 21.1 Å². The zero-order valence-corrected chi connectivity index (χ0v) is 10.9. The molecule has 0 aliphatic carbocycles. The summed E-state index contributed by atoms with van der Waals surface area (Å²) in [6.07, 6.45) is -0.521. The van der Waals surface area contributed by atoms with Gasteiger partial charge in [0.25, 0.3) is 0 Å². The van der Waals surface area contributed by atoms with Crippen LogP contribution >= 0.6 is 0 Å². The molecule has 108 valence electrons. The number of sulfone groups is 1. The zero-order chi connectivity index (χ0) is 14.6. The van der Waals surface area contributed by atoms with Gasteiger partial charge in [0.2, 0.25) is 5.91 Å². The molecule has 10 heteroatoms.